The molecule has 92 valence electrons. The highest BCUT2D eigenvalue weighted by atomic mass is 79.9. The Morgan fingerprint density at radius 3 is 2.50 bits per heavy atom. The van der Waals surface area contributed by atoms with Gasteiger partial charge in [0.1, 0.15) is 5.60 Å². The van der Waals surface area contributed by atoms with Gasteiger partial charge in [0, 0.05) is 22.8 Å². The van der Waals surface area contributed by atoms with Crippen molar-refractivity contribution in [2.45, 2.75) is 5.60 Å². The van der Waals surface area contributed by atoms with E-state index in [-0.39, 0.29) is 0 Å². The minimum atomic E-state index is -0.911. The number of benzene rings is 2. The minimum absolute atomic E-state index is 0.591. The molecule has 2 aromatic carbocycles. The first kappa shape index (κ1) is 11.8. The molecular weight excluding hydrogens is 290 g/mol. The highest BCUT2D eigenvalue weighted by Crippen LogP contribution is 2.42. The molecule has 0 aliphatic carbocycles. The number of halogens is 1. The van der Waals surface area contributed by atoms with Gasteiger partial charge in [-0.2, -0.15) is 0 Å². The fraction of sp³-hybridized carbons (Fsp3) is 0.200. The Kier molecular flexibility index (Phi) is 2.68. The number of hydrogen-bond acceptors (Lipinski definition) is 2. The summed E-state index contributed by atoms with van der Waals surface area (Å²) in [5, 5.41) is 11.0. The van der Waals surface area contributed by atoms with E-state index in [1.165, 1.54) is 0 Å². The summed E-state index contributed by atoms with van der Waals surface area (Å²) in [6, 6.07) is 15.9. The SMILES string of the molecule is CN1CC(O)(c2ccc(Br)cc2)c2ccccc21. The molecule has 1 N–H and O–H groups in total. The van der Waals surface area contributed by atoms with Crippen LogP contribution >= 0.6 is 15.9 Å². The molecule has 3 heteroatoms. The molecule has 1 aliphatic heterocycles. The number of nitrogens with zero attached hydrogens (tertiary/aromatic N) is 1. The van der Waals surface area contributed by atoms with Crippen molar-refractivity contribution < 1.29 is 5.11 Å². The number of rotatable bonds is 1. The van der Waals surface area contributed by atoms with Gasteiger partial charge in [0.15, 0.2) is 0 Å². The molecule has 0 aromatic heterocycles. The number of anilines is 1. The third-order valence-electron chi connectivity index (χ3n) is 3.55. The predicted octanol–water partition coefficient (Wildman–Crippen LogP) is 3.13. The Balaban J connectivity index is 2.14. The molecule has 0 amide bonds. The summed E-state index contributed by atoms with van der Waals surface area (Å²) in [7, 11) is 2.01. The first-order chi connectivity index (χ1) is 8.61. The quantitative estimate of drug-likeness (QED) is 0.875. The van der Waals surface area contributed by atoms with Crippen molar-refractivity contribution in [1.29, 1.82) is 0 Å². The van der Waals surface area contributed by atoms with Crippen molar-refractivity contribution in [3.05, 3.63) is 64.1 Å². The Labute approximate surface area is 115 Å². The molecule has 1 atom stereocenters. The lowest BCUT2D eigenvalue weighted by Gasteiger charge is -2.24. The molecule has 1 aliphatic rings. The van der Waals surface area contributed by atoms with Crippen LogP contribution in [0.1, 0.15) is 11.1 Å². The third kappa shape index (κ3) is 1.66. The van der Waals surface area contributed by atoms with Crippen LogP contribution in [0.3, 0.4) is 0 Å². The zero-order valence-electron chi connectivity index (χ0n) is 10.1. The fourth-order valence-electron chi connectivity index (χ4n) is 2.64. The molecule has 0 bridgehead atoms. The lowest BCUT2D eigenvalue weighted by molar-refractivity contribution is 0.0989. The van der Waals surface area contributed by atoms with E-state index < -0.39 is 5.60 Å². The summed E-state index contributed by atoms with van der Waals surface area (Å²) < 4.78 is 1.02. The maximum absolute atomic E-state index is 11.0. The summed E-state index contributed by atoms with van der Waals surface area (Å²) >= 11 is 3.42. The zero-order chi connectivity index (χ0) is 12.8. The van der Waals surface area contributed by atoms with Crippen LogP contribution in [0.5, 0.6) is 0 Å². The molecule has 0 fully saturated rings. The molecule has 0 saturated heterocycles. The highest BCUT2D eigenvalue weighted by molar-refractivity contribution is 9.10. The minimum Gasteiger partial charge on any atom is -0.378 e. The van der Waals surface area contributed by atoms with Gasteiger partial charge >= 0.3 is 0 Å². The van der Waals surface area contributed by atoms with E-state index in [2.05, 4.69) is 20.8 Å². The van der Waals surface area contributed by atoms with E-state index in [0.717, 1.165) is 21.3 Å². The van der Waals surface area contributed by atoms with Gasteiger partial charge in [-0.15, -0.1) is 0 Å². The summed E-state index contributed by atoms with van der Waals surface area (Å²) in [4.78, 5) is 2.09. The molecular formula is C15H14BrNO. The lowest BCUT2D eigenvalue weighted by atomic mass is 9.88. The predicted molar refractivity (Wildman–Crippen MR) is 76.9 cm³/mol. The summed E-state index contributed by atoms with van der Waals surface area (Å²) in [6.45, 7) is 0.591. The second kappa shape index (κ2) is 4.11. The molecule has 3 rings (SSSR count). The molecule has 18 heavy (non-hydrogen) atoms. The van der Waals surface area contributed by atoms with Crippen LogP contribution in [0.2, 0.25) is 0 Å². The molecule has 2 nitrogen and oxygen atoms in total. The van der Waals surface area contributed by atoms with E-state index in [0.29, 0.717) is 6.54 Å². The van der Waals surface area contributed by atoms with E-state index >= 15 is 0 Å². The molecule has 0 radical (unpaired) electrons. The maximum Gasteiger partial charge on any atom is 0.134 e. The lowest BCUT2D eigenvalue weighted by Crippen LogP contribution is -2.32. The fourth-order valence-corrected chi connectivity index (χ4v) is 2.91. The van der Waals surface area contributed by atoms with Gasteiger partial charge in [-0.05, 0) is 23.8 Å². The summed E-state index contributed by atoms with van der Waals surface area (Å²) in [5.41, 5.74) is 2.10. The Morgan fingerprint density at radius 1 is 1.11 bits per heavy atom. The first-order valence-corrected chi connectivity index (χ1v) is 6.69. The largest absolute Gasteiger partial charge is 0.378 e. The highest BCUT2D eigenvalue weighted by Gasteiger charge is 2.40. The molecule has 0 spiro atoms. The normalized spacial score (nSPS) is 22.1. The average molecular weight is 304 g/mol. The van der Waals surface area contributed by atoms with Gasteiger partial charge in [0.25, 0.3) is 0 Å². The van der Waals surface area contributed by atoms with Gasteiger partial charge in [0.2, 0.25) is 0 Å². The number of β-amino-alcohol motifs (C(OH)–C–C–N with tert-alkyl or cyclic N) is 1. The van der Waals surface area contributed by atoms with Crippen molar-refractivity contribution in [3.63, 3.8) is 0 Å². The zero-order valence-corrected chi connectivity index (χ0v) is 11.7. The van der Waals surface area contributed by atoms with E-state index in [1.54, 1.807) is 0 Å². The summed E-state index contributed by atoms with van der Waals surface area (Å²) in [5.74, 6) is 0. The van der Waals surface area contributed by atoms with Crippen LogP contribution in [0.25, 0.3) is 0 Å². The van der Waals surface area contributed by atoms with Crippen LogP contribution in [0, 0.1) is 0 Å². The van der Waals surface area contributed by atoms with E-state index in [1.807, 2.05) is 55.6 Å². The van der Waals surface area contributed by atoms with Crippen molar-refractivity contribution in [2.75, 3.05) is 18.5 Å². The second-order valence-electron chi connectivity index (χ2n) is 4.74. The molecule has 2 aromatic rings. The van der Waals surface area contributed by atoms with Crippen LogP contribution in [-0.2, 0) is 5.60 Å². The van der Waals surface area contributed by atoms with Gasteiger partial charge in [-0.25, -0.2) is 0 Å². The van der Waals surface area contributed by atoms with Crippen molar-refractivity contribution in [2.24, 2.45) is 0 Å². The van der Waals surface area contributed by atoms with Crippen molar-refractivity contribution in [3.8, 4) is 0 Å². The van der Waals surface area contributed by atoms with Crippen LogP contribution in [0.4, 0.5) is 5.69 Å². The number of hydrogen-bond donors (Lipinski definition) is 1. The van der Waals surface area contributed by atoms with Crippen molar-refractivity contribution in [1.82, 2.24) is 0 Å². The molecule has 1 unspecified atom stereocenters. The monoisotopic (exact) mass is 303 g/mol. The van der Waals surface area contributed by atoms with Crippen LogP contribution in [0.15, 0.2) is 53.0 Å². The number of aliphatic hydroxyl groups is 1. The molecule has 0 saturated carbocycles. The Morgan fingerprint density at radius 2 is 1.78 bits per heavy atom. The second-order valence-corrected chi connectivity index (χ2v) is 5.66. The Hall–Kier alpha value is -1.32. The van der Waals surface area contributed by atoms with E-state index in [9.17, 15) is 5.11 Å². The van der Waals surface area contributed by atoms with E-state index in [4.69, 9.17) is 0 Å². The standard InChI is InChI=1S/C15H14BrNO/c1-17-10-15(18,11-6-8-12(16)9-7-11)13-4-2-3-5-14(13)17/h2-9,18H,10H2,1H3. The number of fused-ring (bicyclic) bond motifs is 1. The number of likely N-dealkylation sites (N-methyl/N-ethyl adjacent to an activating group) is 1. The average Bonchev–Trinajstić information content (AvgIpc) is 2.64. The van der Waals surface area contributed by atoms with Gasteiger partial charge in [-0.1, -0.05) is 46.3 Å². The molecule has 1 heterocycles. The van der Waals surface area contributed by atoms with Gasteiger partial charge < -0.3 is 10.0 Å². The topological polar surface area (TPSA) is 23.5 Å². The van der Waals surface area contributed by atoms with Crippen molar-refractivity contribution >= 4 is 21.6 Å². The van der Waals surface area contributed by atoms with Crippen LogP contribution < -0.4 is 4.90 Å². The first-order valence-electron chi connectivity index (χ1n) is 5.90. The smallest absolute Gasteiger partial charge is 0.134 e. The third-order valence-corrected chi connectivity index (χ3v) is 4.08. The Bertz CT molecular complexity index is 581. The summed E-state index contributed by atoms with van der Waals surface area (Å²) in [6.07, 6.45) is 0. The number of para-hydroxylation sites is 1. The van der Waals surface area contributed by atoms with Gasteiger partial charge in [-0.3, -0.25) is 0 Å². The van der Waals surface area contributed by atoms with Crippen LogP contribution in [-0.4, -0.2) is 18.7 Å². The van der Waals surface area contributed by atoms with Gasteiger partial charge in [0.05, 0.1) is 6.54 Å². The maximum atomic E-state index is 11.0.